The number of fused-ring (bicyclic) bond motifs is 3. The molecule has 2 aliphatic rings. The summed E-state index contributed by atoms with van der Waals surface area (Å²) in [6.07, 6.45) is 0.708. The van der Waals surface area contributed by atoms with Crippen LogP contribution in [0.3, 0.4) is 0 Å². The zero-order valence-electron chi connectivity index (χ0n) is 21.4. The molecule has 2 aliphatic heterocycles. The normalized spacial score (nSPS) is 19.9. The lowest BCUT2D eigenvalue weighted by Crippen LogP contribution is -2.53. The van der Waals surface area contributed by atoms with Crippen molar-refractivity contribution < 1.29 is 19.1 Å². The maximum absolute atomic E-state index is 14.2. The highest BCUT2D eigenvalue weighted by atomic mass is 35.5. The molecule has 2 fully saturated rings. The van der Waals surface area contributed by atoms with Crippen molar-refractivity contribution in [2.75, 3.05) is 20.2 Å². The third-order valence-electron chi connectivity index (χ3n) is 7.49. The first-order valence-corrected chi connectivity index (χ1v) is 12.7. The SMILES string of the molecule is COc1cc(Cl)ccc1C(=O)N1C[C@@H]2C[C@H]1CN2C(=O)[C@@H](n1c(C(N)=O)cc2ccccc21)C(C)(C)C. The van der Waals surface area contributed by atoms with E-state index in [-0.39, 0.29) is 23.9 Å². The second-order valence-corrected chi connectivity index (χ2v) is 11.4. The van der Waals surface area contributed by atoms with Gasteiger partial charge in [-0.15, -0.1) is 0 Å². The van der Waals surface area contributed by atoms with Crippen LogP contribution in [0.1, 0.15) is 54.1 Å². The molecule has 0 radical (unpaired) electrons. The summed E-state index contributed by atoms with van der Waals surface area (Å²) in [5.74, 6) is -0.345. The largest absolute Gasteiger partial charge is 0.496 e. The summed E-state index contributed by atoms with van der Waals surface area (Å²) in [4.78, 5) is 43.7. The van der Waals surface area contributed by atoms with Crippen molar-refractivity contribution in [1.82, 2.24) is 14.4 Å². The maximum atomic E-state index is 14.2. The van der Waals surface area contributed by atoms with E-state index in [1.165, 1.54) is 7.11 Å². The molecular formula is C28H31ClN4O4. The number of primary amides is 1. The van der Waals surface area contributed by atoms with Gasteiger partial charge in [0.15, 0.2) is 0 Å². The fraction of sp³-hybridized carbons (Fsp3) is 0.393. The summed E-state index contributed by atoms with van der Waals surface area (Å²) in [5.41, 5.74) is 6.82. The molecule has 3 heterocycles. The molecule has 2 bridgehead atoms. The van der Waals surface area contributed by atoms with E-state index in [1.807, 2.05) is 54.8 Å². The highest BCUT2D eigenvalue weighted by Crippen LogP contribution is 2.41. The fourth-order valence-corrected chi connectivity index (χ4v) is 6.01. The van der Waals surface area contributed by atoms with Crippen LogP contribution < -0.4 is 10.5 Å². The number of methoxy groups -OCH3 is 1. The third-order valence-corrected chi connectivity index (χ3v) is 7.73. The van der Waals surface area contributed by atoms with E-state index in [9.17, 15) is 14.4 Å². The van der Waals surface area contributed by atoms with Gasteiger partial charge in [0, 0.05) is 29.0 Å². The zero-order chi connectivity index (χ0) is 26.6. The third kappa shape index (κ3) is 4.23. The molecule has 194 valence electrons. The van der Waals surface area contributed by atoms with E-state index >= 15 is 0 Å². The van der Waals surface area contributed by atoms with Gasteiger partial charge < -0.3 is 24.8 Å². The Morgan fingerprint density at radius 1 is 1.03 bits per heavy atom. The number of ether oxygens (including phenoxy) is 1. The van der Waals surface area contributed by atoms with Gasteiger partial charge in [0.1, 0.15) is 17.5 Å². The molecule has 5 rings (SSSR count). The number of para-hydroxylation sites is 1. The van der Waals surface area contributed by atoms with E-state index < -0.39 is 17.4 Å². The first-order valence-electron chi connectivity index (χ1n) is 12.4. The molecule has 2 N–H and O–H groups in total. The molecule has 3 aromatic rings. The van der Waals surface area contributed by atoms with E-state index in [1.54, 1.807) is 28.8 Å². The number of amides is 3. The van der Waals surface area contributed by atoms with Crippen LogP contribution >= 0.6 is 11.6 Å². The molecule has 0 spiro atoms. The van der Waals surface area contributed by atoms with Crippen molar-refractivity contribution in [1.29, 1.82) is 0 Å². The number of nitrogens with zero attached hydrogens (tertiary/aromatic N) is 3. The predicted octanol–water partition coefficient (Wildman–Crippen LogP) is 4.11. The minimum atomic E-state index is -0.644. The number of nitrogens with two attached hydrogens (primary N) is 1. The Hall–Kier alpha value is -3.52. The minimum absolute atomic E-state index is 0.0694. The molecule has 0 unspecified atom stereocenters. The van der Waals surface area contributed by atoms with Gasteiger partial charge in [-0.1, -0.05) is 50.6 Å². The average Bonchev–Trinajstić information content (AvgIpc) is 3.56. The lowest BCUT2D eigenvalue weighted by molar-refractivity contribution is -0.140. The van der Waals surface area contributed by atoms with Gasteiger partial charge in [0.2, 0.25) is 5.91 Å². The van der Waals surface area contributed by atoms with Gasteiger partial charge in [-0.05, 0) is 42.2 Å². The molecular weight excluding hydrogens is 492 g/mol. The van der Waals surface area contributed by atoms with Crippen LogP contribution in [0.15, 0.2) is 48.5 Å². The van der Waals surface area contributed by atoms with Gasteiger partial charge in [-0.2, -0.15) is 0 Å². The van der Waals surface area contributed by atoms with Crippen molar-refractivity contribution in [3.05, 3.63) is 64.8 Å². The Balaban J connectivity index is 1.45. The Morgan fingerprint density at radius 2 is 1.70 bits per heavy atom. The number of rotatable bonds is 5. The van der Waals surface area contributed by atoms with Crippen LogP contribution in [0.5, 0.6) is 5.75 Å². The lowest BCUT2D eigenvalue weighted by atomic mass is 9.85. The van der Waals surface area contributed by atoms with Crippen molar-refractivity contribution in [2.45, 2.75) is 45.3 Å². The minimum Gasteiger partial charge on any atom is -0.496 e. The number of halogens is 1. The first-order chi connectivity index (χ1) is 17.5. The van der Waals surface area contributed by atoms with Crippen molar-refractivity contribution in [2.24, 2.45) is 11.1 Å². The zero-order valence-corrected chi connectivity index (χ0v) is 22.2. The molecule has 3 amide bonds. The summed E-state index contributed by atoms with van der Waals surface area (Å²) in [7, 11) is 1.51. The van der Waals surface area contributed by atoms with Gasteiger partial charge in [-0.25, -0.2) is 0 Å². The van der Waals surface area contributed by atoms with Crippen molar-refractivity contribution in [3.8, 4) is 5.75 Å². The number of carbonyl (C=O) groups excluding carboxylic acids is 3. The van der Waals surface area contributed by atoms with Crippen LogP contribution in [-0.4, -0.2) is 64.4 Å². The number of aromatic nitrogens is 1. The van der Waals surface area contributed by atoms with Crippen LogP contribution in [0.2, 0.25) is 5.02 Å². The van der Waals surface area contributed by atoms with Crippen LogP contribution in [0.25, 0.3) is 10.9 Å². The summed E-state index contributed by atoms with van der Waals surface area (Å²) < 4.78 is 7.18. The summed E-state index contributed by atoms with van der Waals surface area (Å²) in [6.45, 7) is 6.85. The maximum Gasteiger partial charge on any atom is 0.265 e. The summed E-state index contributed by atoms with van der Waals surface area (Å²) >= 11 is 6.07. The number of hydrogen-bond acceptors (Lipinski definition) is 4. The Kier molecular flexibility index (Phi) is 6.18. The first kappa shape index (κ1) is 25.1. The Morgan fingerprint density at radius 3 is 2.32 bits per heavy atom. The lowest BCUT2D eigenvalue weighted by Gasteiger charge is -2.40. The van der Waals surface area contributed by atoms with E-state index in [0.717, 1.165) is 10.9 Å². The van der Waals surface area contributed by atoms with E-state index in [0.29, 0.717) is 41.5 Å². The topological polar surface area (TPSA) is 97.9 Å². The predicted molar refractivity (Wildman–Crippen MR) is 142 cm³/mol. The van der Waals surface area contributed by atoms with Crippen molar-refractivity contribution in [3.63, 3.8) is 0 Å². The molecule has 1 aromatic heterocycles. The molecule has 9 heteroatoms. The highest BCUT2D eigenvalue weighted by molar-refractivity contribution is 6.30. The molecule has 2 aromatic carbocycles. The molecule has 0 saturated carbocycles. The number of carbonyl (C=O) groups is 3. The van der Waals surface area contributed by atoms with E-state index in [4.69, 9.17) is 22.1 Å². The summed E-state index contributed by atoms with van der Waals surface area (Å²) in [6, 6.07) is 13.5. The van der Waals surface area contributed by atoms with Gasteiger partial charge in [0.05, 0.1) is 24.8 Å². The van der Waals surface area contributed by atoms with E-state index in [2.05, 4.69) is 0 Å². The standard InChI is InChI=1S/C28H31ClN4O4/c1-28(2,3)24(33-21-8-6-5-7-16(21)11-22(33)25(30)34)27(36)32-15-18-13-19(32)14-31(18)26(35)20-10-9-17(29)12-23(20)37-4/h5-12,18-19,24H,13-15H2,1-4H3,(H2,30,34)/t18-,19-,24+/m0/s1. The van der Waals surface area contributed by atoms with Crippen LogP contribution in [0, 0.1) is 5.41 Å². The number of likely N-dealkylation sites (tertiary alicyclic amines) is 2. The molecule has 37 heavy (non-hydrogen) atoms. The second-order valence-electron chi connectivity index (χ2n) is 10.9. The summed E-state index contributed by atoms with van der Waals surface area (Å²) in [5, 5.41) is 1.35. The molecule has 8 nitrogen and oxygen atoms in total. The number of piperazine rings is 1. The van der Waals surface area contributed by atoms with Crippen LogP contribution in [-0.2, 0) is 4.79 Å². The molecule has 3 atom stereocenters. The monoisotopic (exact) mass is 522 g/mol. The Bertz CT molecular complexity index is 1410. The highest BCUT2D eigenvalue weighted by Gasteiger charge is 2.50. The molecule has 2 saturated heterocycles. The number of hydrogen-bond donors (Lipinski definition) is 1. The van der Waals surface area contributed by atoms with Gasteiger partial charge >= 0.3 is 0 Å². The number of benzene rings is 2. The quantitative estimate of drug-likeness (QED) is 0.545. The van der Waals surface area contributed by atoms with Gasteiger partial charge in [-0.3, -0.25) is 14.4 Å². The van der Waals surface area contributed by atoms with Crippen LogP contribution in [0.4, 0.5) is 0 Å². The average molecular weight is 523 g/mol. The fourth-order valence-electron chi connectivity index (χ4n) is 5.85. The molecule has 0 aliphatic carbocycles. The second kappa shape index (κ2) is 9.10. The van der Waals surface area contributed by atoms with Crippen molar-refractivity contribution >= 4 is 40.2 Å². The Labute approximate surface area is 220 Å². The smallest absolute Gasteiger partial charge is 0.265 e. The van der Waals surface area contributed by atoms with Gasteiger partial charge in [0.25, 0.3) is 11.8 Å².